The van der Waals surface area contributed by atoms with Crippen LogP contribution in [0.3, 0.4) is 0 Å². The standard InChI is InChI=1S/C18H26BF2NO3/c1-17(2)18(3,4)25-19(24-17)13-9-14(20)16(15(21)10-13)22-7-5-12(11-23)6-8-22/h9-10,12,23H,5-8,11H2,1-4H3. The first-order chi connectivity index (χ1) is 11.6. The number of aliphatic hydroxyl groups excluding tert-OH is 1. The van der Waals surface area contributed by atoms with Gasteiger partial charge in [-0.1, -0.05) is 0 Å². The summed E-state index contributed by atoms with van der Waals surface area (Å²) in [5, 5.41) is 9.20. The number of hydrogen-bond acceptors (Lipinski definition) is 4. The highest BCUT2D eigenvalue weighted by molar-refractivity contribution is 6.62. The normalized spacial score (nSPS) is 23.3. The van der Waals surface area contributed by atoms with Crippen LogP contribution < -0.4 is 10.4 Å². The monoisotopic (exact) mass is 353 g/mol. The van der Waals surface area contributed by atoms with E-state index in [1.165, 1.54) is 12.1 Å². The number of halogens is 2. The van der Waals surface area contributed by atoms with Crippen molar-refractivity contribution in [3.8, 4) is 0 Å². The van der Waals surface area contributed by atoms with E-state index in [1.54, 1.807) is 4.90 Å². The molecule has 0 bridgehead atoms. The largest absolute Gasteiger partial charge is 0.495 e. The Morgan fingerprint density at radius 3 is 2.00 bits per heavy atom. The van der Waals surface area contributed by atoms with Crippen molar-refractivity contribution in [2.45, 2.75) is 51.7 Å². The molecule has 2 aliphatic rings. The second-order valence-electron chi connectivity index (χ2n) is 8.03. The molecule has 0 spiro atoms. The highest BCUT2D eigenvalue weighted by Crippen LogP contribution is 2.37. The second-order valence-corrected chi connectivity index (χ2v) is 8.03. The molecule has 0 unspecified atom stereocenters. The molecule has 25 heavy (non-hydrogen) atoms. The molecule has 2 aliphatic heterocycles. The summed E-state index contributed by atoms with van der Waals surface area (Å²) in [4.78, 5) is 1.71. The van der Waals surface area contributed by atoms with Gasteiger partial charge in [-0.2, -0.15) is 0 Å². The van der Waals surface area contributed by atoms with Crippen LogP contribution in [0.25, 0.3) is 0 Å². The Morgan fingerprint density at radius 1 is 1.08 bits per heavy atom. The number of rotatable bonds is 3. The summed E-state index contributed by atoms with van der Waals surface area (Å²) < 4.78 is 41.1. The number of piperidine rings is 1. The van der Waals surface area contributed by atoms with Crippen LogP contribution in [0.15, 0.2) is 12.1 Å². The third-order valence-electron chi connectivity index (χ3n) is 5.75. The highest BCUT2D eigenvalue weighted by Gasteiger charge is 2.52. The molecule has 1 aromatic carbocycles. The predicted molar refractivity (Wildman–Crippen MR) is 94.1 cm³/mol. The van der Waals surface area contributed by atoms with E-state index >= 15 is 0 Å². The van der Waals surface area contributed by atoms with E-state index < -0.39 is 30.0 Å². The van der Waals surface area contributed by atoms with E-state index in [1.807, 2.05) is 27.7 Å². The third kappa shape index (κ3) is 3.42. The Bertz CT molecular complexity index is 606. The molecule has 138 valence electrons. The molecule has 2 heterocycles. The maximum Gasteiger partial charge on any atom is 0.495 e. The molecule has 0 amide bonds. The van der Waals surface area contributed by atoms with Crippen molar-refractivity contribution in [2.75, 3.05) is 24.6 Å². The minimum atomic E-state index is -0.789. The minimum Gasteiger partial charge on any atom is -0.399 e. The van der Waals surface area contributed by atoms with Gasteiger partial charge in [0.25, 0.3) is 0 Å². The van der Waals surface area contributed by atoms with Crippen LogP contribution in [-0.2, 0) is 9.31 Å². The summed E-state index contributed by atoms with van der Waals surface area (Å²) in [5.74, 6) is -0.995. The average Bonchev–Trinajstić information content (AvgIpc) is 2.75. The fraction of sp³-hybridized carbons (Fsp3) is 0.667. The van der Waals surface area contributed by atoms with Gasteiger partial charge in [-0.3, -0.25) is 0 Å². The summed E-state index contributed by atoms with van der Waals surface area (Å²) >= 11 is 0. The lowest BCUT2D eigenvalue weighted by atomic mass is 9.78. The maximum atomic E-state index is 14.7. The van der Waals surface area contributed by atoms with Gasteiger partial charge in [0.05, 0.1) is 11.2 Å². The van der Waals surface area contributed by atoms with Gasteiger partial charge in [-0.25, -0.2) is 8.78 Å². The fourth-order valence-electron chi connectivity index (χ4n) is 3.34. The first kappa shape index (κ1) is 18.6. The van der Waals surface area contributed by atoms with E-state index in [2.05, 4.69) is 0 Å². The van der Waals surface area contributed by atoms with Gasteiger partial charge in [0, 0.05) is 19.7 Å². The molecule has 1 N–H and O–H groups in total. The van der Waals surface area contributed by atoms with Crippen LogP contribution in [0.1, 0.15) is 40.5 Å². The summed E-state index contributed by atoms with van der Waals surface area (Å²) in [7, 11) is -0.789. The molecule has 0 radical (unpaired) electrons. The number of nitrogens with zero attached hydrogens (tertiary/aromatic N) is 1. The van der Waals surface area contributed by atoms with Crippen molar-refractivity contribution in [1.82, 2.24) is 0 Å². The highest BCUT2D eigenvalue weighted by atomic mass is 19.1. The molecule has 0 aliphatic carbocycles. The molecule has 4 nitrogen and oxygen atoms in total. The molecule has 1 aromatic rings. The van der Waals surface area contributed by atoms with Crippen LogP contribution >= 0.6 is 0 Å². The zero-order valence-corrected chi connectivity index (χ0v) is 15.3. The molecular weight excluding hydrogens is 327 g/mol. The van der Waals surface area contributed by atoms with Crippen LogP contribution in [0, 0.1) is 17.6 Å². The first-order valence-corrected chi connectivity index (χ1v) is 8.85. The number of benzene rings is 1. The van der Waals surface area contributed by atoms with Gasteiger partial charge >= 0.3 is 7.12 Å². The summed E-state index contributed by atoms with van der Waals surface area (Å²) in [6.07, 6.45) is 1.46. The van der Waals surface area contributed by atoms with Crippen LogP contribution in [0.5, 0.6) is 0 Å². The maximum absolute atomic E-state index is 14.7. The zero-order chi connectivity index (χ0) is 18.4. The van der Waals surface area contributed by atoms with E-state index in [4.69, 9.17) is 9.31 Å². The molecule has 0 atom stereocenters. The van der Waals surface area contributed by atoms with Crippen LogP contribution in [0.4, 0.5) is 14.5 Å². The lowest BCUT2D eigenvalue weighted by Gasteiger charge is -2.33. The summed E-state index contributed by atoms with van der Waals surface area (Å²) in [5.41, 5.74) is -0.774. The van der Waals surface area contributed by atoms with Gasteiger partial charge in [0.2, 0.25) is 0 Å². The smallest absolute Gasteiger partial charge is 0.399 e. The lowest BCUT2D eigenvalue weighted by molar-refractivity contribution is 0.00578. The summed E-state index contributed by atoms with van der Waals surface area (Å²) in [6.45, 7) is 8.81. The zero-order valence-electron chi connectivity index (χ0n) is 15.3. The van der Waals surface area contributed by atoms with Crippen molar-refractivity contribution in [3.05, 3.63) is 23.8 Å². The molecule has 3 rings (SSSR count). The number of hydrogen-bond donors (Lipinski definition) is 1. The minimum absolute atomic E-state index is 0.00310. The molecule has 2 fully saturated rings. The Morgan fingerprint density at radius 2 is 1.56 bits per heavy atom. The van der Waals surface area contributed by atoms with E-state index in [9.17, 15) is 13.9 Å². The summed E-state index contributed by atoms with van der Waals surface area (Å²) in [6, 6.07) is 2.61. The van der Waals surface area contributed by atoms with E-state index in [-0.39, 0.29) is 18.2 Å². The average molecular weight is 353 g/mol. The quantitative estimate of drug-likeness (QED) is 0.848. The Balaban J connectivity index is 1.82. The topological polar surface area (TPSA) is 41.9 Å². The van der Waals surface area contributed by atoms with Gasteiger partial charge < -0.3 is 19.3 Å². The van der Waals surface area contributed by atoms with Crippen molar-refractivity contribution in [1.29, 1.82) is 0 Å². The van der Waals surface area contributed by atoms with Crippen LogP contribution in [-0.4, -0.2) is 43.1 Å². The van der Waals surface area contributed by atoms with Crippen molar-refractivity contribution in [3.63, 3.8) is 0 Å². The van der Waals surface area contributed by atoms with Gasteiger partial charge in [0.15, 0.2) is 0 Å². The SMILES string of the molecule is CC1(C)OB(c2cc(F)c(N3CCC(CO)CC3)c(F)c2)OC1(C)C. The predicted octanol–water partition coefficient (Wildman–Crippen LogP) is 2.47. The van der Waals surface area contributed by atoms with E-state index in [0.717, 1.165) is 12.8 Å². The van der Waals surface area contributed by atoms with Crippen molar-refractivity contribution < 1.29 is 23.2 Å². The Hall–Kier alpha value is -1.18. The van der Waals surface area contributed by atoms with Gasteiger partial charge in [-0.05, 0) is 64.1 Å². The molecule has 0 saturated carbocycles. The van der Waals surface area contributed by atoms with Crippen molar-refractivity contribution >= 4 is 18.3 Å². The lowest BCUT2D eigenvalue weighted by Crippen LogP contribution is -2.41. The first-order valence-electron chi connectivity index (χ1n) is 8.85. The van der Waals surface area contributed by atoms with Gasteiger partial charge in [-0.15, -0.1) is 0 Å². The molecule has 7 heteroatoms. The number of anilines is 1. The third-order valence-corrected chi connectivity index (χ3v) is 5.75. The van der Waals surface area contributed by atoms with E-state index in [0.29, 0.717) is 18.6 Å². The fourth-order valence-corrected chi connectivity index (χ4v) is 3.34. The molecule has 0 aromatic heterocycles. The van der Waals surface area contributed by atoms with Crippen molar-refractivity contribution in [2.24, 2.45) is 5.92 Å². The number of aliphatic hydroxyl groups is 1. The van der Waals surface area contributed by atoms with Crippen LogP contribution in [0.2, 0.25) is 0 Å². The second kappa shape index (κ2) is 6.52. The van der Waals surface area contributed by atoms with Gasteiger partial charge in [0.1, 0.15) is 17.3 Å². The molecule has 2 saturated heterocycles. The Labute approximate surface area is 148 Å². The Kier molecular flexibility index (Phi) is 4.86. The molecular formula is C18H26BF2NO3.